The molecule has 0 saturated heterocycles. The molecule has 0 amide bonds. The molecule has 1 saturated carbocycles. The Bertz CT molecular complexity index is 361. The van der Waals surface area contributed by atoms with Gasteiger partial charge in [0, 0.05) is 20.4 Å². The zero-order valence-corrected chi connectivity index (χ0v) is 9.19. The number of hydrogen-bond acceptors (Lipinski definition) is 3. The molecule has 1 aliphatic carbocycles. The molecule has 1 aromatic heterocycles. The number of rotatable bonds is 4. The van der Waals surface area contributed by atoms with Gasteiger partial charge in [-0.25, -0.2) is 0 Å². The van der Waals surface area contributed by atoms with Gasteiger partial charge < -0.3 is 4.74 Å². The Morgan fingerprint density at radius 3 is 2.80 bits per heavy atom. The lowest BCUT2D eigenvalue weighted by Gasteiger charge is -2.38. The lowest BCUT2D eigenvalue weighted by Crippen LogP contribution is -2.47. The summed E-state index contributed by atoms with van der Waals surface area (Å²) in [6.45, 7) is 0. The quantitative estimate of drug-likeness (QED) is 0.744. The van der Waals surface area contributed by atoms with Crippen molar-refractivity contribution >= 4 is 5.78 Å². The number of nitrogens with zero attached hydrogens (tertiary/aromatic N) is 2. The standard InChI is InChI=1S/C11H16N2O2/c1-13-7-4-9(12-13)8-10(14)11(15-2)5-3-6-11/h4,7H,3,5-6,8H2,1-2H3. The summed E-state index contributed by atoms with van der Waals surface area (Å²) in [4.78, 5) is 12.0. The van der Waals surface area contributed by atoms with E-state index in [1.807, 2.05) is 19.3 Å². The highest BCUT2D eigenvalue weighted by Crippen LogP contribution is 2.36. The monoisotopic (exact) mass is 208 g/mol. The van der Waals surface area contributed by atoms with E-state index >= 15 is 0 Å². The predicted molar refractivity (Wildman–Crippen MR) is 55.5 cm³/mol. The van der Waals surface area contributed by atoms with Crippen LogP contribution in [0.5, 0.6) is 0 Å². The normalized spacial score (nSPS) is 18.5. The molecule has 4 nitrogen and oxygen atoms in total. The van der Waals surface area contributed by atoms with Crippen LogP contribution in [-0.4, -0.2) is 28.3 Å². The van der Waals surface area contributed by atoms with Crippen LogP contribution in [-0.2, 0) is 23.0 Å². The predicted octanol–water partition coefficient (Wildman–Crippen LogP) is 1.10. The average Bonchev–Trinajstić information content (AvgIpc) is 2.50. The smallest absolute Gasteiger partial charge is 0.170 e. The second-order valence-electron chi connectivity index (χ2n) is 4.13. The molecule has 0 unspecified atom stereocenters. The van der Waals surface area contributed by atoms with Crippen LogP contribution in [0.25, 0.3) is 0 Å². The van der Waals surface area contributed by atoms with Crippen molar-refractivity contribution in [2.24, 2.45) is 7.05 Å². The second-order valence-corrected chi connectivity index (χ2v) is 4.13. The van der Waals surface area contributed by atoms with Gasteiger partial charge in [0.15, 0.2) is 5.78 Å². The van der Waals surface area contributed by atoms with Gasteiger partial charge in [0.25, 0.3) is 0 Å². The van der Waals surface area contributed by atoms with E-state index in [1.165, 1.54) is 0 Å². The maximum Gasteiger partial charge on any atom is 0.170 e. The minimum absolute atomic E-state index is 0.162. The van der Waals surface area contributed by atoms with Gasteiger partial charge >= 0.3 is 0 Å². The fourth-order valence-electron chi connectivity index (χ4n) is 1.98. The van der Waals surface area contributed by atoms with Crippen molar-refractivity contribution in [3.63, 3.8) is 0 Å². The van der Waals surface area contributed by atoms with Crippen molar-refractivity contribution in [2.75, 3.05) is 7.11 Å². The molecule has 0 radical (unpaired) electrons. The zero-order chi connectivity index (χ0) is 10.9. The molecule has 0 bridgehead atoms. The Labute approximate surface area is 89.2 Å². The summed E-state index contributed by atoms with van der Waals surface area (Å²) in [5, 5.41) is 4.20. The summed E-state index contributed by atoms with van der Waals surface area (Å²) >= 11 is 0. The van der Waals surface area contributed by atoms with Crippen LogP contribution in [0.1, 0.15) is 25.0 Å². The number of methoxy groups -OCH3 is 1. The summed E-state index contributed by atoms with van der Waals surface area (Å²) in [6, 6.07) is 1.87. The Balaban J connectivity index is 2.03. The summed E-state index contributed by atoms with van der Waals surface area (Å²) in [5.74, 6) is 0.162. The molecule has 0 spiro atoms. The third kappa shape index (κ3) is 1.81. The van der Waals surface area contributed by atoms with Crippen LogP contribution in [0.4, 0.5) is 0 Å². The lowest BCUT2D eigenvalue weighted by molar-refractivity contribution is -0.151. The average molecular weight is 208 g/mol. The van der Waals surface area contributed by atoms with E-state index in [2.05, 4.69) is 5.10 Å². The van der Waals surface area contributed by atoms with Gasteiger partial charge in [-0.05, 0) is 25.3 Å². The van der Waals surface area contributed by atoms with Crippen LogP contribution in [0, 0.1) is 0 Å². The number of ketones is 1. The SMILES string of the molecule is COC1(C(=O)Cc2ccn(C)n2)CCC1. The zero-order valence-electron chi connectivity index (χ0n) is 9.19. The number of aryl methyl sites for hydroxylation is 1. The molecular weight excluding hydrogens is 192 g/mol. The lowest BCUT2D eigenvalue weighted by atomic mass is 9.75. The summed E-state index contributed by atoms with van der Waals surface area (Å²) in [7, 11) is 3.47. The number of Topliss-reactive ketones (excluding diaryl/α,β-unsaturated/α-hetero) is 1. The molecule has 1 aliphatic rings. The minimum atomic E-state index is -0.502. The number of carbonyl (C=O) groups is 1. The van der Waals surface area contributed by atoms with Crippen LogP contribution in [0.15, 0.2) is 12.3 Å². The van der Waals surface area contributed by atoms with Gasteiger partial charge in [0.05, 0.1) is 12.1 Å². The summed E-state index contributed by atoms with van der Waals surface area (Å²) in [6.07, 6.45) is 5.03. The first-order chi connectivity index (χ1) is 7.16. The number of hydrogen-bond donors (Lipinski definition) is 0. The first-order valence-corrected chi connectivity index (χ1v) is 5.23. The molecule has 1 aromatic rings. The van der Waals surface area contributed by atoms with Crippen molar-refractivity contribution in [1.82, 2.24) is 9.78 Å². The number of aromatic nitrogens is 2. The Morgan fingerprint density at radius 1 is 1.67 bits per heavy atom. The van der Waals surface area contributed by atoms with E-state index in [9.17, 15) is 4.79 Å². The van der Waals surface area contributed by atoms with E-state index in [1.54, 1.807) is 11.8 Å². The maximum absolute atomic E-state index is 12.0. The Hall–Kier alpha value is -1.16. The highest BCUT2D eigenvalue weighted by Gasteiger charge is 2.43. The van der Waals surface area contributed by atoms with E-state index in [0.717, 1.165) is 25.0 Å². The molecule has 0 aromatic carbocycles. The molecule has 1 fully saturated rings. The minimum Gasteiger partial charge on any atom is -0.370 e. The van der Waals surface area contributed by atoms with Gasteiger partial charge in [-0.15, -0.1) is 0 Å². The Morgan fingerprint density at radius 2 is 2.40 bits per heavy atom. The van der Waals surface area contributed by atoms with E-state index < -0.39 is 5.60 Å². The first kappa shape index (κ1) is 10.4. The fourth-order valence-corrected chi connectivity index (χ4v) is 1.98. The highest BCUT2D eigenvalue weighted by atomic mass is 16.5. The molecule has 0 aliphatic heterocycles. The summed E-state index contributed by atoms with van der Waals surface area (Å²) in [5.41, 5.74) is 0.322. The van der Waals surface area contributed by atoms with Crippen molar-refractivity contribution in [3.8, 4) is 0 Å². The van der Waals surface area contributed by atoms with Crippen LogP contribution in [0.2, 0.25) is 0 Å². The van der Waals surface area contributed by atoms with Gasteiger partial charge in [-0.2, -0.15) is 5.10 Å². The topological polar surface area (TPSA) is 44.1 Å². The number of ether oxygens (including phenoxy) is 1. The van der Waals surface area contributed by atoms with E-state index in [-0.39, 0.29) is 5.78 Å². The van der Waals surface area contributed by atoms with E-state index in [0.29, 0.717) is 6.42 Å². The number of carbonyl (C=O) groups excluding carboxylic acids is 1. The Kier molecular flexibility index (Phi) is 2.61. The fraction of sp³-hybridized carbons (Fsp3) is 0.636. The third-order valence-electron chi connectivity index (χ3n) is 3.17. The van der Waals surface area contributed by atoms with Crippen LogP contribution >= 0.6 is 0 Å². The second kappa shape index (κ2) is 3.77. The molecule has 2 rings (SSSR count). The molecule has 82 valence electrons. The first-order valence-electron chi connectivity index (χ1n) is 5.23. The summed E-state index contributed by atoms with van der Waals surface area (Å²) < 4.78 is 7.04. The van der Waals surface area contributed by atoms with Gasteiger partial charge in [-0.3, -0.25) is 9.48 Å². The van der Waals surface area contributed by atoms with Gasteiger partial charge in [-0.1, -0.05) is 0 Å². The molecule has 15 heavy (non-hydrogen) atoms. The molecule has 0 atom stereocenters. The molecular formula is C11H16N2O2. The maximum atomic E-state index is 12.0. The van der Waals surface area contributed by atoms with Crippen LogP contribution in [0.3, 0.4) is 0 Å². The third-order valence-corrected chi connectivity index (χ3v) is 3.17. The largest absolute Gasteiger partial charge is 0.370 e. The van der Waals surface area contributed by atoms with E-state index in [4.69, 9.17) is 4.74 Å². The molecule has 1 heterocycles. The highest BCUT2D eigenvalue weighted by molar-refractivity contribution is 5.89. The molecule has 0 N–H and O–H groups in total. The van der Waals surface area contributed by atoms with Crippen LogP contribution < -0.4 is 0 Å². The van der Waals surface area contributed by atoms with Gasteiger partial charge in [0.2, 0.25) is 0 Å². The van der Waals surface area contributed by atoms with Crippen molar-refractivity contribution < 1.29 is 9.53 Å². The van der Waals surface area contributed by atoms with Crippen molar-refractivity contribution in [2.45, 2.75) is 31.3 Å². The van der Waals surface area contributed by atoms with Crippen molar-refractivity contribution in [3.05, 3.63) is 18.0 Å². The molecule has 4 heteroatoms. The van der Waals surface area contributed by atoms with Gasteiger partial charge in [0.1, 0.15) is 5.60 Å². The van der Waals surface area contributed by atoms with Crippen molar-refractivity contribution in [1.29, 1.82) is 0 Å².